The second kappa shape index (κ2) is 15.7. The van der Waals surface area contributed by atoms with Crippen molar-refractivity contribution in [3.8, 4) is 0 Å². The molecule has 0 aromatic rings. The van der Waals surface area contributed by atoms with Crippen molar-refractivity contribution in [1.82, 2.24) is 0 Å². The van der Waals surface area contributed by atoms with E-state index in [0.29, 0.717) is 5.09 Å². The fourth-order valence-corrected chi connectivity index (χ4v) is 1.73. The molecule has 0 amide bonds. The minimum absolute atomic E-state index is 0.172. The Kier molecular flexibility index (Phi) is 17.8. The Labute approximate surface area is 130 Å². The van der Waals surface area contributed by atoms with Crippen molar-refractivity contribution < 1.29 is 26.3 Å². The molecule has 0 aromatic heterocycles. The van der Waals surface area contributed by atoms with E-state index in [1.807, 2.05) is 17.7 Å². The topological polar surface area (TPSA) is 74.6 Å². The summed E-state index contributed by atoms with van der Waals surface area (Å²) in [7, 11) is -4.67. The molecule has 1 atom stereocenters. The molecule has 0 spiro atoms. The molecule has 0 aliphatic heterocycles. The molecule has 1 unspecified atom stereocenters. The van der Waals surface area contributed by atoms with Gasteiger partial charge in [0, 0.05) is 0 Å². The van der Waals surface area contributed by atoms with Gasteiger partial charge in [-0.25, -0.2) is 0 Å². The molecule has 0 heterocycles. The Balaban J connectivity index is 0. The zero-order valence-corrected chi connectivity index (χ0v) is 13.0. The van der Waals surface area contributed by atoms with E-state index in [1.54, 1.807) is 0 Å². The van der Waals surface area contributed by atoms with E-state index in [1.165, 1.54) is 19.3 Å². The van der Waals surface area contributed by atoms with Crippen LogP contribution in [0.3, 0.4) is 0 Å². The van der Waals surface area contributed by atoms with Crippen LogP contribution in [0.4, 0.5) is 8.78 Å². The van der Waals surface area contributed by atoms with Gasteiger partial charge >= 0.3 is 108 Å². The van der Waals surface area contributed by atoms with E-state index in [2.05, 4.69) is 0 Å². The summed E-state index contributed by atoms with van der Waals surface area (Å²) in [6.07, 6.45) is 8.90. The van der Waals surface area contributed by atoms with Crippen LogP contribution in [0.15, 0.2) is 0 Å². The maximum atomic E-state index is 12.8. The molecular weight excluding hydrogens is 285 g/mol. The number of unbranched alkanes of at least 4 members (excludes halogenated alkanes) is 7. The molecule has 8 heteroatoms. The van der Waals surface area contributed by atoms with Gasteiger partial charge in [-0.2, -0.15) is 8.42 Å². The third kappa shape index (κ3) is 31.0. The second-order valence-corrected chi connectivity index (χ2v) is 5.66. The normalized spacial score (nSPS) is 12.7. The third-order valence-electron chi connectivity index (χ3n) is 2.84. The summed E-state index contributed by atoms with van der Waals surface area (Å²) in [4.78, 5) is 0. The monoisotopic (exact) mass is 310 g/mol. The average Bonchev–Trinajstić information content (AvgIpc) is 2.34. The van der Waals surface area contributed by atoms with Gasteiger partial charge in [0.1, 0.15) is 0 Å². The molecule has 0 bridgehead atoms. The molecule has 4 nitrogen and oxygen atoms in total. The van der Waals surface area contributed by atoms with Crippen molar-refractivity contribution in [3.05, 3.63) is 0 Å². The first kappa shape index (κ1) is 22.6. The standard InChI is InChI=1S/C12H23F2.Li.H2O4S/c1-12(14)10-8-6-4-2-3-5-7-9-11-13;;1-5(2,3)4/h12H,1-11H2;;(H2,1,2,3,4). The van der Waals surface area contributed by atoms with Crippen molar-refractivity contribution in [2.75, 3.05) is 6.67 Å². The summed E-state index contributed by atoms with van der Waals surface area (Å²) in [6, 6.07) is 0. The van der Waals surface area contributed by atoms with Crippen LogP contribution in [0.2, 0.25) is 5.09 Å². The number of halogens is 2. The van der Waals surface area contributed by atoms with E-state index >= 15 is 0 Å². The van der Waals surface area contributed by atoms with Crippen molar-refractivity contribution in [3.63, 3.8) is 0 Å². The Morgan fingerprint density at radius 2 is 1.25 bits per heavy atom. The minimum Gasteiger partial charge on any atom is -0.251 e. The summed E-state index contributed by atoms with van der Waals surface area (Å²) < 4.78 is 56.1. The molecule has 0 aliphatic carbocycles. The SMILES string of the molecule is O=S(=O)(O)O.[Li][CH2]C(F)CCCCCCCCCCF. The Morgan fingerprint density at radius 1 is 0.900 bits per heavy atom. The Morgan fingerprint density at radius 3 is 1.60 bits per heavy atom. The van der Waals surface area contributed by atoms with Crippen LogP contribution < -0.4 is 0 Å². The zero-order valence-electron chi connectivity index (χ0n) is 12.2. The number of alkyl halides is 2. The Hall–Kier alpha value is 0.327. The summed E-state index contributed by atoms with van der Waals surface area (Å²) in [6.45, 7) is -0.172. The first-order chi connectivity index (χ1) is 9.31. The van der Waals surface area contributed by atoms with Gasteiger partial charge in [-0.1, -0.05) is 0 Å². The average molecular weight is 310 g/mol. The van der Waals surface area contributed by atoms with E-state index in [-0.39, 0.29) is 6.67 Å². The van der Waals surface area contributed by atoms with Crippen LogP contribution in [0.5, 0.6) is 0 Å². The second-order valence-electron chi connectivity index (χ2n) is 4.76. The molecule has 20 heavy (non-hydrogen) atoms. The van der Waals surface area contributed by atoms with Crippen molar-refractivity contribution in [2.45, 2.75) is 69.1 Å². The smallest absolute Gasteiger partial charge is 0.251 e. The first-order valence-electron chi connectivity index (χ1n) is 7.21. The molecule has 0 aromatic carbocycles. The number of hydrogen-bond donors (Lipinski definition) is 2. The molecule has 0 aliphatic rings. The fourth-order valence-electron chi connectivity index (χ4n) is 1.73. The van der Waals surface area contributed by atoms with Crippen LogP contribution >= 0.6 is 0 Å². The molecule has 0 saturated heterocycles. The maximum absolute atomic E-state index is 12.8. The van der Waals surface area contributed by atoms with Crippen LogP contribution in [0.25, 0.3) is 0 Å². The van der Waals surface area contributed by atoms with Crippen molar-refractivity contribution >= 4 is 28.1 Å². The predicted octanol–water partition coefficient (Wildman–Crippen LogP) is 3.74. The van der Waals surface area contributed by atoms with Crippen molar-refractivity contribution in [2.24, 2.45) is 0 Å². The fraction of sp³-hybridized carbons (Fsp3) is 1.00. The van der Waals surface area contributed by atoms with Gasteiger partial charge in [-0.3, -0.25) is 13.5 Å². The number of rotatable bonds is 11. The van der Waals surface area contributed by atoms with Crippen LogP contribution in [-0.4, -0.2) is 48.1 Å². The number of hydrogen-bond acceptors (Lipinski definition) is 2. The minimum atomic E-state index is -4.67. The van der Waals surface area contributed by atoms with Gasteiger partial charge in [0.2, 0.25) is 0 Å². The molecule has 118 valence electrons. The zero-order chi connectivity index (χ0) is 15.9. The van der Waals surface area contributed by atoms with Gasteiger partial charge in [0.05, 0.1) is 0 Å². The van der Waals surface area contributed by atoms with Gasteiger partial charge in [-0.05, 0) is 0 Å². The van der Waals surface area contributed by atoms with Gasteiger partial charge < -0.3 is 0 Å². The molecule has 2 N–H and O–H groups in total. The first-order valence-corrected chi connectivity index (χ1v) is 8.60. The van der Waals surface area contributed by atoms with Crippen LogP contribution in [0.1, 0.15) is 57.8 Å². The molecule has 0 rings (SSSR count). The van der Waals surface area contributed by atoms with Crippen LogP contribution in [-0.2, 0) is 10.4 Å². The summed E-state index contributed by atoms with van der Waals surface area (Å²) in [5.74, 6) is 0. The van der Waals surface area contributed by atoms with E-state index in [0.717, 1.165) is 38.5 Å². The predicted molar refractivity (Wildman–Crippen MR) is 77.2 cm³/mol. The van der Waals surface area contributed by atoms with E-state index in [9.17, 15) is 8.78 Å². The molecule has 0 fully saturated rings. The van der Waals surface area contributed by atoms with Gasteiger partial charge in [0.15, 0.2) is 0 Å². The van der Waals surface area contributed by atoms with Crippen molar-refractivity contribution in [1.29, 1.82) is 0 Å². The molecule has 0 saturated carbocycles. The summed E-state index contributed by atoms with van der Waals surface area (Å²) >= 11 is 1.90. The quantitative estimate of drug-likeness (QED) is 0.346. The summed E-state index contributed by atoms with van der Waals surface area (Å²) in [5.41, 5.74) is 0. The van der Waals surface area contributed by atoms with E-state index < -0.39 is 16.6 Å². The van der Waals surface area contributed by atoms with E-state index in [4.69, 9.17) is 17.5 Å². The van der Waals surface area contributed by atoms with Gasteiger partial charge in [-0.15, -0.1) is 0 Å². The van der Waals surface area contributed by atoms with Crippen LogP contribution in [0, 0.1) is 0 Å². The molecular formula is C12H25F2LiO4S. The van der Waals surface area contributed by atoms with Gasteiger partial charge in [0.25, 0.3) is 0 Å². The third-order valence-corrected chi connectivity index (χ3v) is 2.84. The Bertz CT molecular complexity index is 281. The molecule has 0 radical (unpaired) electrons. The summed E-state index contributed by atoms with van der Waals surface area (Å²) in [5, 5.41) is 0.656.